The summed E-state index contributed by atoms with van der Waals surface area (Å²) in [4.78, 5) is 2.42. The smallest absolute Gasteiger partial charge is 0.0954 e. The van der Waals surface area contributed by atoms with Crippen LogP contribution in [0.25, 0.3) is 12.2 Å². The quantitative estimate of drug-likeness (QED) is 0.0698. The van der Waals surface area contributed by atoms with E-state index in [1.165, 1.54) is 54.3 Å². The molecule has 0 aromatic heterocycles. The number of rotatable bonds is 12. The minimum absolute atomic E-state index is 0.403. The van der Waals surface area contributed by atoms with Crippen LogP contribution in [-0.4, -0.2) is 0 Å². The Balaban J connectivity index is 1.06. The molecule has 0 unspecified atom stereocenters. The zero-order chi connectivity index (χ0) is 36.5. The van der Waals surface area contributed by atoms with Crippen LogP contribution in [0.5, 0.6) is 0 Å². The molecule has 2 heteroatoms. The molecule has 8 aromatic rings. The summed E-state index contributed by atoms with van der Waals surface area (Å²) in [7, 11) is 0. The SMILES string of the molecule is C(=C\c1ccc(SC(c2ccccc2)(c2ccccc2)c2ccccc2)cc1)/c1ccc(SC(c2ccccc2)(c2ccccc2)c2ccccc2)cc1. The van der Waals surface area contributed by atoms with Crippen molar-refractivity contribution in [3.63, 3.8) is 0 Å². The zero-order valence-electron chi connectivity index (χ0n) is 29.9. The summed E-state index contributed by atoms with van der Waals surface area (Å²) in [5.41, 5.74) is 9.87. The highest BCUT2D eigenvalue weighted by Crippen LogP contribution is 2.53. The van der Waals surface area contributed by atoms with Crippen LogP contribution in [0.4, 0.5) is 0 Å². The van der Waals surface area contributed by atoms with Gasteiger partial charge in [-0.25, -0.2) is 0 Å². The third-order valence-electron chi connectivity index (χ3n) is 9.85. The van der Waals surface area contributed by atoms with Gasteiger partial charge in [-0.3, -0.25) is 0 Å². The zero-order valence-corrected chi connectivity index (χ0v) is 31.5. The van der Waals surface area contributed by atoms with Crippen molar-refractivity contribution in [1.29, 1.82) is 0 Å². The van der Waals surface area contributed by atoms with Crippen molar-refractivity contribution in [2.45, 2.75) is 19.3 Å². The van der Waals surface area contributed by atoms with E-state index in [-0.39, 0.29) is 0 Å². The lowest BCUT2D eigenvalue weighted by molar-refractivity contribution is 0.894. The van der Waals surface area contributed by atoms with E-state index >= 15 is 0 Å². The van der Waals surface area contributed by atoms with Gasteiger partial charge in [0.2, 0.25) is 0 Å². The summed E-state index contributed by atoms with van der Waals surface area (Å²) >= 11 is 3.79. The molecular weight excluding hydrogens is 689 g/mol. The second kappa shape index (κ2) is 16.5. The lowest BCUT2D eigenvalue weighted by Gasteiger charge is -2.35. The maximum atomic E-state index is 2.25. The standard InChI is InChI=1S/C52H40S2/c1-7-19-43(20-8-1)51(44-21-9-2-10-22-44,45-23-11-3-12-24-45)53-49-37-33-41(34-38-49)31-32-42-35-39-50(40-36-42)54-52(46-25-13-4-14-26-46,47-27-15-5-16-28-47)48-29-17-6-18-30-48/h1-40H/b32-31+. The normalized spacial score (nSPS) is 11.8. The molecule has 0 atom stereocenters. The molecule has 260 valence electrons. The number of hydrogen-bond donors (Lipinski definition) is 0. The molecule has 8 aromatic carbocycles. The molecule has 0 aliphatic carbocycles. The Hall–Kier alpha value is -5.80. The highest BCUT2D eigenvalue weighted by molar-refractivity contribution is 8.01. The monoisotopic (exact) mass is 728 g/mol. The van der Waals surface area contributed by atoms with Crippen LogP contribution in [0.2, 0.25) is 0 Å². The van der Waals surface area contributed by atoms with Crippen molar-refractivity contribution >= 4 is 35.7 Å². The fourth-order valence-electron chi connectivity index (χ4n) is 7.23. The van der Waals surface area contributed by atoms with E-state index in [9.17, 15) is 0 Å². The Kier molecular flexibility index (Phi) is 10.8. The molecule has 0 nitrogen and oxygen atoms in total. The van der Waals surface area contributed by atoms with E-state index in [0.717, 1.165) is 0 Å². The van der Waals surface area contributed by atoms with Crippen LogP contribution in [0.15, 0.2) is 240 Å². The third kappa shape index (κ3) is 7.37. The van der Waals surface area contributed by atoms with E-state index in [1.807, 2.05) is 23.5 Å². The van der Waals surface area contributed by atoms with E-state index in [4.69, 9.17) is 0 Å². The average molecular weight is 729 g/mol. The molecular formula is C52H40S2. The van der Waals surface area contributed by atoms with Gasteiger partial charge in [-0.2, -0.15) is 0 Å². The van der Waals surface area contributed by atoms with Gasteiger partial charge in [0.25, 0.3) is 0 Å². The van der Waals surface area contributed by atoms with Crippen molar-refractivity contribution in [3.8, 4) is 0 Å². The van der Waals surface area contributed by atoms with E-state index in [0.29, 0.717) is 0 Å². The first-order chi connectivity index (χ1) is 26.7. The fourth-order valence-corrected chi connectivity index (χ4v) is 10.0. The van der Waals surface area contributed by atoms with Crippen molar-refractivity contribution < 1.29 is 0 Å². The van der Waals surface area contributed by atoms with Crippen LogP contribution in [-0.2, 0) is 9.49 Å². The van der Waals surface area contributed by atoms with Gasteiger partial charge < -0.3 is 0 Å². The maximum Gasteiger partial charge on any atom is 0.0954 e. The molecule has 0 aliphatic heterocycles. The van der Waals surface area contributed by atoms with Gasteiger partial charge in [-0.15, -0.1) is 23.5 Å². The first-order valence-electron chi connectivity index (χ1n) is 18.3. The highest BCUT2D eigenvalue weighted by Gasteiger charge is 2.38. The molecule has 0 amide bonds. The van der Waals surface area contributed by atoms with Gasteiger partial charge in [0.05, 0.1) is 9.49 Å². The molecule has 0 heterocycles. The second-order valence-electron chi connectivity index (χ2n) is 13.2. The first-order valence-corrected chi connectivity index (χ1v) is 20.0. The van der Waals surface area contributed by atoms with Crippen LogP contribution in [0.3, 0.4) is 0 Å². The molecule has 8 rings (SSSR count). The lowest BCUT2D eigenvalue weighted by atomic mass is 9.84. The molecule has 0 spiro atoms. The van der Waals surface area contributed by atoms with Gasteiger partial charge in [-0.1, -0.05) is 218 Å². The Morgan fingerprint density at radius 2 is 0.444 bits per heavy atom. The maximum absolute atomic E-state index is 2.25. The van der Waals surface area contributed by atoms with Crippen molar-refractivity contribution in [2.24, 2.45) is 0 Å². The van der Waals surface area contributed by atoms with Gasteiger partial charge >= 0.3 is 0 Å². The van der Waals surface area contributed by atoms with Crippen LogP contribution in [0, 0.1) is 0 Å². The summed E-state index contributed by atoms with van der Waals surface area (Å²) in [6.07, 6.45) is 4.41. The molecule has 0 saturated carbocycles. The van der Waals surface area contributed by atoms with E-state index < -0.39 is 9.49 Å². The Morgan fingerprint density at radius 1 is 0.241 bits per heavy atom. The molecule has 0 bridgehead atoms. The minimum Gasteiger partial charge on any atom is -0.105 e. The van der Waals surface area contributed by atoms with Crippen LogP contribution >= 0.6 is 23.5 Å². The molecule has 0 N–H and O–H groups in total. The Morgan fingerprint density at radius 3 is 0.648 bits per heavy atom. The van der Waals surface area contributed by atoms with Crippen molar-refractivity contribution in [2.75, 3.05) is 0 Å². The summed E-state index contributed by atoms with van der Waals surface area (Å²) < 4.78 is -0.806. The average Bonchev–Trinajstić information content (AvgIpc) is 3.27. The topological polar surface area (TPSA) is 0 Å². The van der Waals surface area contributed by atoms with E-state index in [1.54, 1.807) is 0 Å². The Labute approximate surface area is 328 Å². The first kappa shape index (κ1) is 35.2. The summed E-state index contributed by atoms with van der Waals surface area (Å²) in [6.45, 7) is 0. The number of hydrogen-bond acceptors (Lipinski definition) is 2. The lowest BCUT2D eigenvalue weighted by Crippen LogP contribution is -2.25. The predicted molar refractivity (Wildman–Crippen MR) is 232 cm³/mol. The summed E-state index contributed by atoms with van der Waals surface area (Å²) in [5, 5.41) is 0. The molecule has 0 radical (unpaired) electrons. The van der Waals surface area contributed by atoms with Crippen LogP contribution in [0.1, 0.15) is 44.5 Å². The summed E-state index contributed by atoms with van der Waals surface area (Å²) in [5.74, 6) is 0. The van der Waals surface area contributed by atoms with Crippen LogP contribution < -0.4 is 0 Å². The molecule has 0 aliphatic rings. The van der Waals surface area contributed by atoms with Gasteiger partial charge in [0.1, 0.15) is 0 Å². The highest BCUT2D eigenvalue weighted by atomic mass is 32.2. The third-order valence-corrected chi connectivity index (χ3v) is 12.9. The second-order valence-corrected chi connectivity index (χ2v) is 15.8. The molecule has 54 heavy (non-hydrogen) atoms. The number of thioether (sulfide) groups is 2. The van der Waals surface area contributed by atoms with Gasteiger partial charge in [0.15, 0.2) is 0 Å². The molecule has 0 saturated heterocycles. The number of benzene rings is 8. The summed E-state index contributed by atoms with van der Waals surface area (Å²) in [6, 6.07) is 83.1. The van der Waals surface area contributed by atoms with Crippen molar-refractivity contribution in [3.05, 3.63) is 275 Å². The predicted octanol–water partition coefficient (Wildman–Crippen LogP) is 14.0. The van der Waals surface area contributed by atoms with Gasteiger partial charge in [0, 0.05) is 9.79 Å². The molecule has 0 fully saturated rings. The Bertz CT molecular complexity index is 2010. The van der Waals surface area contributed by atoms with Crippen molar-refractivity contribution in [1.82, 2.24) is 0 Å². The van der Waals surface area contributed by atoms with E-state index in [2.05, 4.69) is 243 Å². The fraction of sp³-hybridized carbons (Fsp3) is 0.0385. The largest absolute Gasteiger partial charge is 0.105 e. The van der Waals surface area contributed by atoms with Gasteiger partial charge in [-0.05, 0) is 68.8 Å². The minimum atomic E-state index is -0.403.